The molecule has 0 unspecified atom stereocenters. The maximum atomic E-state index is 10.6. The summed E-state index contributed by atoms with van der Waals surface area (Å²) in [7, 11) is 2.07. The number of carboxylic acid groups (broad SMARTS) is 1. The molecule has 0 saturated carbocycles. The topological polar surface area (TPSA) is 110 Å². The van der Waals surface area contributed by atoms with Crippen molar-refractivity contribution in [3.05, 3.63) is 77.8 Å². The Hall–Kier alpha value is -4.16. The second kappa shape index (κ2) is 14.3. The van der Waals surface area contributed by atoms with Gasteiger partial charge in [0.25, 0.3) is 0 Å². The van der Waals surface area contributed by atoms with Crippen LogP contribution >= 0.6 is 11.6 Å². The van der Waals surface area contributed by atoms with Crippen LogP contribution in [0.25, 0.3) is 10.9 Å². The Bertz CT molecular complexity index is 1410. The van der Waals surface area contributed by atoms with Crippen molar-refractivity contribution in [1.82, 2.24) is 19.9 Å². The highest BCUT2D eigenvalue weighted by molar-refractivity contribution is 6.32. The number of hydrogen-bond donors (Lipinski definition) is 2. The lowest BCUT2D eigenvalue weighted by atomic mass is 10.2. The second-order valence-corrected chi connectivity index (χ2v) is 8.71. The first kappa shape index (κ1) is 30.4. The molecule has 0 bridgehead atoms. The van der Waals surface area contributed by atoms with Crippen LogP contribution in [0, 0.1) is 0 Å². The SMILES string of the molecule is CCN(C)CCOc1cccc2ncnc(Nc3ccc(OCc4ccccn4)c(Cl)c3)c12.O=C(O)C(F)(F)F. The molecule has 0 atom stereocenters. The van der Waals surface area contributed by atoms with Crippen molar-refractivity contribution in [3.63, 3.8) is 0 Å². The van der Waals surface area contributed by atoms with E-state index in [-0.39, 0.29) is 0 Å². The first-order valence-corrected chi connectivity index (χ1v) is 12.4. The van der Waals surface area contributed by atoms with Crippen molar-refractivity contribution in [1.29, 1.82) is 0 Å². The van der Waals surface area contributed by atoms with Crippen LogP contribution in [0.2, 0.25) is 5.02 Å². The average molecular weight is 578 g/mol. The van der Waals surface area contributed by atoms with Gasteiger partial charge in [-0.2, -0.15) is 13.2 Å². The molecule has 4 rings (SSSR count). The molecule has 4 aromatic rings. The number of aromatic nitrogens is 3. The number of alkyl halides is 3. The van der Waals surface area contributed by atoms with Crippen LogP contribution in [-0.2, 0) is 11.4 Å². The first-order valence-electron chi connectivity index (χ1n) is 12.0. The summed E-state index contributed by atoms with van der Waals surface area (Å²) in [5.74, 6) is -0.781. The normalized spacial score (nSPS) is 11.1. The van der Waals surface area contributed by atoms with E-state index in [4.69, 9.17) is 31.0 Å². The van der Waals surface area contributed by atoms with Crippen LogP contribution in [-0.4, -0.2) is 63.8 Å². The third-order valence-corrected chi connectivity index (χ3v) is 5.73. The zero-order chi connectivity index (χ0) is 29.1. The van der Waals surface area contributed by atoms with Gasteiger partial charge in [0.15, 0.2) is 0 Å². The number of benzene rings is 2. The highest BCUT2D eigenvalue weighted by Crippen LogP contribution is 2.34. The summed E-state index contributed by atoms with van der Waals surface area (Å²) in [6, 6.07) is 17.0. The van der Waals surface area contributed by atoms with Crippen LogP contribution in [0.3, 0.4) is 0 Å². The Labute approximate surface area is 233 Å². The fourth-order valence-corrected chi connectivity index (χ4v) is 3.47. The van der Waals surface area contributed by atoms with E-state index >= 15 is 0 Å². The zero-order valence-electron chi connectivity index (χ0n) is 21.7. The van der Waals surface area contributed by atoms with Crippen LogP contribution in [0.4, 0.5) is 24.7 Å². The van der Waals surface area contributed by atoms with Gasteiger partial charge >= 0.3 is 12.1 Å². The van der Waals surface area contributed by atoms with Crippen LogP contribution in [0.1, 0.15) is 12.6 Å². The fourth-order valence-electron chi connectivity index (χ4n) is 3.23. The lowest BCUT2D eigenvalue weighted by molar-refractivity contribution is -0.192. The number of ether oxygens (including phenoxy) is 2. The molecule has 0 radical (unpaired) electrons. The number of likely N-dealkylation sites (N-methyl/N-ethyl adjacent to an activating group) is 1. The third-order valence-electron chi connectivity index (χ3n) is 5.43. The molecular weight excluding hydrogens is 551 g/mol. The Balaban J connectivity index is 0.000000559. The predicted molar refractivity (Wildman–Crippen MR) is 145 cm³/mol. The smallest absolute Gasteiger partial charge is 0.490 e. The van der Waals surface area contributed by atoms with Crippen LogP contribution in [0.5, 0.6) is 11.5 Å². The Kier molecular flexibility index (Phi) is 10.9. The number of rotatable bonds is 10. The fraction of sp³-hybridized carbons (Fsp3) is 0.259. The standard InChI is InChI=1S/C25H26ClN5O2.C2HF3O2/c1-3-31(2)13-14-32-23-9-6-8-21-24(23)25(29-17-28-21)30-18-10-11-22(20(26)15-18)33-16-19-7-4-5-12-27-19;3-2(4,5)1(6)7/h4-12,15,17H,3,13-14,16H2,1-2H3,(H,28,29,30);(H,6,7). The van der Waals surface area contributed by atoms with Gasteiger partial charge in [0, 0.05) is 18.4 Å². The Morgan fingerprint density at radius 1 is 1.05 bits per heavy atom. The summed E-state index contributed by atoms with van der Waals surface area (Å²) < 4.78 is 43.6. The van der Waals surface area contributed by atoms with Crippen molar-refractivity contribution in [2.45, 2.75) is 19.7 Å². The van der Waals surface area contributed by atoms with E-state index < -0.39 is 12.1 Å². The molecule has 0 aliphatic rings. The number of fused-ring (bicyclic) bond motifs is 1. The number of carboxylic acids is 1. The molecule has 0 saturated heterocycles. The summed E-state index contributed by atoms with van der Waals surface area (Å²) in [5, 5.41) is 11.8. The second-order valence-electron chi connectivity index (χ2n) is 8.30. The van der Waals surface area contributed by atoms with Gasteiger partial charge < -0.3 is 24.8 Å². The molecule has 0 spiro atoms. The molecule has 13 heteroatoms. The molecule has 212 valence electrons. The quantitative estimate of drug-likeness (QED) is 0.236. The number of pyridine rings is 1. The molecule has 2 heterocycles. The summed E-state index contributed by atoms with van der Waals surface area (Å²) in [6.07, 6.45) is -1.81. The summed E-state index contributed by atoms with van der Waals surface area (Å²) in [5.41, 5.74) is 2.42. The molecule has 0 fully saturated rings. The zero-order valence-corrected chi connectivity index (χ0v) is 22.4. The molecule has 0 amide bonds. The van der Waals surface area contributed by atoms with Crippen molar-refractivity contribution in [2.24, 2.45) is 0 Å². The van der Waals surface area contributed by atoms with E-state index in [1.54, 1.807) is 6.20 Å². The maximum absolute atomic E-state index is 10.6. The average Bonchev–Trinajstić information content (AvgIpc) is 2.93. The van der Waals surface area contributed by atoms with Crippen LogP contribution in [0.15, 0.2) is 67.1 Å². The molecule has 0 aliphatic carbocycles. The molecule has 0 aliphatic heterocycles. The van der Waals surface area contributed by atoms with E-state index in [0.717, 1.165) is 41.1 Å². The first-order chi connectivity index (χ1) is 19.1. The number of aliphatic carboxylic acids is 1. The van der Waals surface area contributed by atoms with Gasteiger partial charge in [0.2, 0.25) is 0 Å². The van der Waals surface area contributed by atoms with Crippen LogP contribution < -0.4 is 14.8 Å². The summed E-state index contributed by atoms with van der Waals surface area (Å²) in [6.45, 7) is 4.84. The van der Waals surface area contributed by atoms with Crippen molar-refractivity contribution < 1.29 is 32.5 Å². The van der Waals surface area contributed by atoms with Gasteiger partial charge in [-0.3, -0.25) is 4.98 Å². The lowest BCUT2D eigenvalue weighted by Gasteiger charge is -2.16. The molecule has 40 heavy (non-hydrogen) atoms. The highest BCUT2D eigenvalue weighted by atomic mass is 35.5. The summed E-state index contributed by atoms with van der Waals surface area (Å²) >= 11 is 6.48. The monoisotopic (exact) mass is 577 g/mol. The minimum absolute atomic E-state index is 0.345. The van der Waals surface area contributed by atoms with Gasteiger partial charge in [-0.15, -0.1) is 0 Å². The molecule has 2 aromatic carbocycles. The van der Waals surface area contributed by atoms with E-state index in [1.165, 1.54) is 6.33 Å². The predicted octanol–water partition coefficient (Wildman–Crippen LogP) is 5.96. The van der Waals surface area contributed by atoms with Crippen molar-refractivity contribution >= 4 is 40.0 Å². The van der Waals surface area contributed by atoms with Gasteiger partial charge in [0.05, 0.1) is 21.6 Å². The molecule has 9 nitrogen and oxygen atoms in total. The highest BCUT2D eigenvalue weighted by Gasteiger charge is 2.38. The Morgan fingerprint density at radius 2 is 1.82 bits per heavy atom. The number of nitrogens with zero attached hydrogens (tertiary/aromatic N) is 4. The Morgan fingerprint density at radius 3 is 2.48 bits per heavy atom. The van der Waals surface area contributed by atoms with E-state index in [1.807, 2.05) is 54.6 Å². The molecular formula is C27H27ClF3N5O4. The number of hydrogen-bond acceptors (Lipinski definition) is 8. The van der Waals surface area contributed by atoms with Gasteiger partial charge in [-0.1, -0.05) is 30.7 Å². The number of nitrogens with one attached hydrogen (secondary N) is 1. The van der Waals surface area contributed by atoms with E-state index in [9.17, 15) is 13.2 Å². The minimum atomic E-state index is -5.08. The number of anilines is 2. The van der Waals surface area contributed by atoms with Gasteiger partial charge in [-0.05, 0) is 56.1 Å². The molecule has 2 aromatic heterocycles. The van der Waals surface area contributed by atoms with Crippen molar-refractivity contribution in [2.75, 3.05) is 32.1 Å². The van der Waals surface area contributed by atoms with Crippen molar-refractivity contribution in [3.8, 4) is 11.5 Å². The lowest BCUT2D eigenvalue weighted by Crippen LogP contribution is -2.23. The third kappa shape index (κ3) is 8.95. The minimum Gasteiger partial charge on any atom is -0.491 e. The number of carbonyl (C=O) groups is 1. The van der Waals surface area contributed by atoms with E-state index in [2.05, 4.69) is 39.1 Å². The number of halogens is 4. The maximum Gasteiger partial charge on any atom is 0.490 e. The van der Waals surface area contributed by atoms with Gasteiger partial charge in [-0.25, -0.2) is 14.8 Å². The molecule has 2 N–H and O–H groups in total. The van der Waals surface area contributed by atoms with Gasteiger partial charge in [0.1, 0.15) is 36.9 Å². The largest absolute Gasteiger partial charge is 0.491 e. The van der Waals surface area contributed by atoms with E-state index in [0.29, 0.717) is 29.8 Å². The summed E-state index contributed by atoms with van der Waals surface area (Å²) in [4.78, 5) is 24.2.